The fourth-order valence-corrected chi connectivity index (χ4v) is 2.11. The minimum atomic E-state index is 0.221. The van der Waals surface area contributed by atoms with Gasteiger partial charge in [-0.1, -0.05) is 59.8 Å². The summed E-state index contributed by atoms with van der Waals surface area (Å²) in [5, 5.41) is 3.55. The molecule has 0 saturated heterocycles. The molecule has 0 amide bonds. The summed E-state index contributed by atoms with van der Waals surface area (Å²) in [4.78, 5) is 0. The SMILES string of the molecule is CC/C=C(\CC(C)C)Nc1ccc(C(C)(C)C)cc1. The van der Waals surface area contributed by atoms with Gasteiger partial charge in [0, 0.05) is 11.4 Å². The van der Waals surface area contributed by atoms with Gasteiger partial charge in [-0.25, -0.2) is 0 Å². The third-order valence-electron chi connectivity index (χ3n) is 3.13. The highest BCUT2D eigenvalue weighted by molar-refractivity contribution is 5.50. The lowest BCUT2D eigenvalue weighted by Crippen LogP contribution is -2.11. The van der Waals surface area contributed by atoms with Gasteiger partial charge in [-0.05, 0) is 41.9 Å². The Labute approximate surface area is 119 Å². The highest BCUT2D eigenvalue weighted by atomic mass is 14.9. The number of allylic oxidation sites excluding steroid dienone is 2. The molecule has 0 bridgehead atoms. The molecule has 1 aromatic carbocycles. The maximum absolute atomic E-state index is 3.55. The fourth-order valence-electron chi connectivity index (χ4n) is 2.11. The van der Waals surface area contributed by atoms with Gasteiger partial charge in [0.25, 0.3) is 0 Å². The molecule has 1 aromatic rings. The average molecular weight is 259 g/mol. The molecule has 0 aromatic heterocycles. The first kappa shape index (κ1) is 15.8. The van der Waals surface area contributed by atoms with Crippen molar-refractivity contribution in [2.75, 3.05) is 5.32 Å². The van der Waals surface area contributed by atoms with Crippen LogP contribution in [0.4, 0.5) is 5.69 Å². The van der Waals surface area contributed by atoms with Gasteiger partial charge in [0.1, 0.15) is 0 Å². The topological polar surface area (TPSA) is 12.0 Å². The molecule has 106 valence electrons. The normalized spacial score (nSPS) is 12.9. The Morgan fingerprint density at radius 3 is 2.16 bits per heavy atom. The van der Waals surface area contributed by atoms with Gasteiger partial charge in [-0.3, -0.25) is 0 Å². The molecule has 0 aliphatic carbocycles. The fraction of sp³-hybridized carbons (Fsp3) is 0.556. The van der Waals surface area contributed by atoms with E-state index in [1.807, 2.05) is 0 Å². The van der Waals surface area contributed by atoms with Gasteiger partial charge in [0.05, 0.1) is 0 Å². The molecular formula is C18H29N. The molecule has 0 atom stereocenters. The van der Waals surface area contributed by atoms with Gasteiger partial charge >= 0.3 is 0 Å². The zero-order valence-corrected chi connectivity index (χ0v) is 13.4. The van der Waals surface area contributed by atoms with Crippen LogP contribution in [0, 0.1) is 5.92 Å². The molecule has 19 heavy (non-hydrogen) atoms. The molecule has 0 aliphatic rings. The first-order chi connectivity index (χ1) is 8.82. The molecule has 0 aliphatic heterocycles. The van der Waals surface area contributed by atoms with Crippen LogP contribution in [0.15, 0.2) is 36.0 Å². The zero-order valence-electron chi connectivity index (χ0n) is 13.4. The van der Waals surface area contributed by atoms with Crippen molar-refractivity contribution in [1.82, 2.24) is 0 Å². The lowest BCUT2D eigenvalue weighted by Gasteiger charge is -2.20. The molecule has 1 N–H and O–H groups in total. The molecule has 0 spiro atoms. The number of rotatable bonds is 5. The van der Waals surface area contributed by atoms with Crippen molar-refractivity contribution < 1.29 is 0 Å². The second-order valence-electron chi connectivity index (χ2n) is 6.69. The van der Waals surface area contributed by atoms with Crippen LogP contribution in [0.25, 0.3) is 0 Å². The molecule has 0 heterocycles. The molecular weight excluding hydrogens is 230 g/mol. The van der Waals surface area contributed by atoms with Crippen LogP contribution < -0.4 is 5.32 Å². The van der Waals surface area contributed by atoms with Crippen molar-refractivity contribution in [3.05, 3.63) is 41.6 Å². The van der Waals surface area contributed by atoms with Crippen LogP contribution in [0.1, 0.15) is 59.9 Å². The van der Waals surface area contributed by atoms with Crippen molar-refractivity contribution in [1.29, 1.82) is 0 Å². The highest BCUT2D eigenvalue weighted by Crippen LogP contribution is 2.24. The number of anilines is 1. The molecule has 0 unspecified atom stereocenters. The largest absolute Gasteiger partial charge is 0.359 e. The van der Waals surface area contributed by atoms with E-state index in [0.717, 1.165) is 12.8 Å². The number of hydrogen-bond acceptors (Lipinski definition) is 1. The Balaban J connectivity index is 2.78. The summed E-state index contributed by atoms with van der Waals surface area (Å²) in [5.41, 5.74) is 4.12. The summed E-state index contributed by atoms with van der Waals surface area (Å²) in [6.07, 6.45) is 4.47. The molecule has 0 saturated carbocycles. The van der Waals surface area contributed by atoms with Gasteiger partial charge in [0.2, 0.25) is 0 Å². The van der Waals surface area contributed by atoms with Crippen LogP contribution in [0.3, 0.4) is 0 Å². The van der Waals surface area contributed by atoms with E-state index in [9.17, 15) is 0 Å². The Morgan fingerprint density at radius 1 is 1.16 bits per heavy atom. The lowest BCUT2D eigenvalue weighted by atomic mass is 9.87. The molecule has 1 rings (SSSR count). The van der Waals surface area contributed by atoms with Gasteiger partial charge in [-0.2, -0.15) is 0 Å². The average Bonchev–Trinajstić information content (AvgIpc) is 2.28. The summed E-state index contributed by atoms with van der Waals surface area (Å²) in [6.45, 7) is 13.4. The number of nitrogens with one attached hydrogen (secondary N) is 1. The summed E-state index contributed by atoms with van der Waals surface area (Å²) >= 11 is 0. The van der Waals surface area contributed by atoms with Gasteiger partial charge in [0.15, 0.2) is 0 Å². The maximum Gasteiger partial charge on any atom is 0.0381 e. The van der Waals surface area contributed by atoms with Crippen molar-refractivity contribution in [3.8, 4) is 0 Å². The van der Waals surface area contributed by atoms with Crippen LogP contribution in [0.5, 0.6) is 0 Å². The molecule has 0 radical (unpaired) electrons. The van der Waals surface area contributed by atoms with E-state index >= 15 is 0 Å². The predicted molar refractivity (Wildman–Crippen MR) is 86.6 cm³/mol. The molecule has 1 nitrogen and oxygen atoms in total. The second-order valence-corrected chi connectivity index (χ2v) is 6.69. The number of benzene rings is 1. The van der Waals surface area contributed by atoms with E-state index in [1.165, 1.54) is 16.9 Å². The van der Waals surface area contributed by atoms with Crippen molar-refractivity contribution >= 4 is 5.69 Å². The molecule has 1 heteroatoms. The van der Waals surface area contributed by atoms with Gasteiger partial charge in [-0.15, -0.1) is 0 Å². The van der Waals surface area contributed by atoms with Crippen molar-refractivity contribution in [3.63, 3.8) is 0 Å². The lowest BCUT2D eigenvalue weighted by molar-refractivity contribution is 0.590. The summed E-state index contributed by atoms with van der Waals surface area (Å²) in [6, 6.07) is 8.82. The first-order valence-corrected chi connectivity index (χ1v) is 7.39. The second kappa shape index (κ2) is 6.79. The third-order valence-corrected chi connectivity index (χ3v) is 3.13. The van der Waals surface area contributed by atoms with E-state index in [1.54, 1.807) is 0 Å². The van der Waals surface area contributed by atoms with Crippen LogP contribution >= 0.6 is 0 Å². The smallest absolute Gasteiger partial charge is 0.0381 e. The predicted octanol–water partition coefficient (Wildman–Crippen LogP) is 5.74. The Kier molecular flexibility index (Phi) is 5.65. The third kappa shape index (κ3) is 5.50. The maximum atomic E-state index is 3.55. The zero-order chi connectivity index (χ0) is 14.5. The molecule has 0 fully saturated rings. The van der Waals surface area contributed by atoms with Crippen molar-refractivity contribution in [2.24, 2.45) is 5.92 Å². The minimum Gasteiger partial charge on any atom is -0.359 e. The summed E-state index contributed by atoms with van der Waals surface area (Å²) in [5.74, 6) is 0.680. The Hall–Kier alpha value is -1.24. The summed E-state index contributed by atoms with van der Waals surface area (Å²) in [7, 11) is 0. The quantitative estimate of drug-likeness (QED) is 0.711. The Morgan fingerprint density at radius 2 is 1.74 bits per heavy atom. The van der Waals surface area contributed by atoms with E-state index < -0.39 is 0 Å². The van der Waals surface area contributed by atoms with E-state index in [4.69, 9.17) is 0 Å². The number of hydrogen-bond donors (Lipinski definition) is 1. The van der Waals surface area contributed by atoms with Crippen LogP contribution in [0.2, 0.25) is 0 Å². The Bertz CT molecular complexity index is 404. The monoisotopic (exact) mass is 259 g/mol. The highest BCUT2D eigenvalue weighted by Gasteiger charge is 2.12. The standard InChI is InChI=1S/C18H29N/c1-7-8-17(13-14(2)3)19-16-11-9-15(10-12-16)18(4,5)6/h8-12,14,19H,7,13H2,1-6H3/b17-8+. The van der Waals surface area contributed by atoms with Crippen molar-refractivity contribution in [2.45, 2.75) is 59.8 Å². The van der Waals surface area contributed by atoms with E-state index in [0.29, 0.717) is 5.92 Å². The van der Waals surface area contributed by atoms with Gasteiger partial charge < -0.3 is 5.32 Å². The van der Waals surface area contributed by atoms with E-state index in [2.05, 4.69) is 77.2 Å². The minimum absolute atomic E-state index is 0.221. The summed E-state index contributed by atoms with van der Waals surface area (Å²) < 4.78 is 0. The van der Waals surface area contributed by atoms with E-state index in [-0.39, 0.29) is 5.41 Å². The van der Waals surface area contributed by atoms with Crippen LogP contribution in [-0.4, -0.2) is 0 Å². The van der Waals surface area contributed by atoms with Crippen LogP contribution in [-0.2, 0) is 5.41 Å². The first-order valence-electron chi connectivity index (χ1n) is 7.39.